The molecule has 0 aromatic rings. The van der Waals surface area contributed by atoms with E-state index in [1.807, 2.05) is 34.6 Å². The summed E-state index contributed by atoms with van der Waals surface area (Å²) in [7, 11) is 0. The lowest BCUT2D eigenvalue weighted by Crippen LogP contribution is -2.46. The number of hydrogen-bond acceptors (Lipinski definition) is 4. The number of amides is 1. The maximum atomic E-state index is 11.6. The van der Waals surface area contributed by atoms with Crippen molar-refractivity contribution in [2.75, 3.05) is 19.8 Å². The molecule has 102 valence electrons. The Kier molecular flexibility index (Phi) is 6.49. The number of alkyl carbamates (subject to hydrolysis) is 1. The minimum Gasteiger partial charge on any atom is -0.444 e. The molecule has 1 amide bonds. The molecule has 0 aliphatic carbocycles. The van der Waals surface area contributed by atoms with Gasteiger partial charge in [0.2, 0.25) is 0 Å². The molecule has 0 heterocycles. The second kappa shape index (κ2) is 6.81. The van der Waals surface area contributed by atoms with Gasteiger partial charge in [0.1, 0.15) is 5.60 Å². The first-order chi connectivity index (χ1) is 7.66. The highest BCUT2D eigenvalue weighted by Gasteiger charge is 2.24. The molecule has 5 nitrogen and oxygen atoms in total. The number of nitrogens with two attached hydrogens (primary N) is 1. The molecule has 0 aliphatic heterocycles. The highest BCUT2D eigenvalue weighted by Crippen LogP contribution is 2.12. The van der Waals surface area contributed by atoms with Crippen molar-refractivity contribution in [3.8, 4) is 0 Å². The van der Waals surface area contributed by atoms with Crippen molar-refractivity contribution >= 4 is 6.09 Å². The summed E-state index contributed by atoms with van der Waals surface area (Å²) in [5, 5.41) is 2.82. The third-order valence-electron chi connectivity index (χ3n) is 1.97. The number of ether oxygens (including phenoxy) is 2. The third kappa shape index (κ3) is 10.1. The van der Waals surface area contributed by atoms with Gasteiger partial charge in [0.25, 0.3) is 0 Å². The summed E-state index contributed by atoms with van der Waals surface area (Å²) in [4.78, 5) is 11.6. The number of carbonyl (C=O) groups excluding carboxylic acids is 1. The van der Waals surface area contributed by atoms with Crippen molar-refractivity contribution < 1.29 is 14.3 Å². The van der Waals surface area contributed by atoms with E-state index >= 15 is 0 Å². The molecule has 0 fully saturated rings. The van der Waals surface area contributed by atoms with Gasteiger partial charge < -0.3 is 20.5 Å². The first kappa shape index (κ1) is 16.2. The van der Waals surface area contributed by atoms with E-state index in [0.717, 1.165) is 0 Å². The van der Waals surface area contributed by atoms with Gasteiger partial charge in [0.05, 0.1) is 6.61 Å². The Balaban J connectivity index is 3.94. The first-order valence-electron chi connectivity index (χ1n) is 5.95. The average Bonchev–Trinajstić information content (AvgIpc) is 2.08. The van der Waals surface area contributed by atoms with Gasteiger partial charge in [-0.2, -0.15) is 0 Å². The maximum absolute atomic E-state index is 11.6. The molecule has 0 spiro atoms. The molecule has 0 aromatic carbocycles. The largest absolute Gasteiger partial charge is 0.444 e. The van der Waals surface area contributed by atoms with Crippen molar-refractivity contribution in [1.82, 2.24) is 5.32 Å². The van der Waals surface area contributed by atoms with Crippen molar-refractivity contribution in [3.05, 3.63) is 0 Å². The monoisotopic (exact) mass is 246 g/mol. The molecule has 0 unspecified atom stereocenters. The summed E-state index contributed by atoms with van der Waals surface area (Å²) in [6.45, 7) is 11.0. The van der Waals surface area contributed by atoms with Crippen LogP contribution in [0.15, 0.2) is 0 Å². The van der Waals surface area contributed by atoms with E-state index in [0.29, 0.717) is 26.2 Å². The zero-order chi connectivity index (χ0) is 13.5. The standard InChI is InChI=1S/C12H26N2O3/c1-11(2,3)17-10(15)14-12(4,5)6-8-16-9-7-13/h6-9,13H2,1-5H3,(H,14,15). The molecule has 0 rings (SSSR count). The number of nitrogens with one attached hydrogen (secondary N) is 1. The van der Waals surface area contributed by atoms with Crippen molar-refractivity contribution in [3.63, 3.8) is 0 Å². The summed E-state index contributed by atoms with van der Waals surface area (Å²) in [5.41, 5.74) is 4.49. The second-order valence-corrected chi connectivity index (χ2v) is 5.66. The lowest BCUT2D eigenvalue weighted by molar-refractivity contribution is 0.0442. The van der Waals surface area contributed by atoms with Gasteiger partial charge in [0, 0.05) is 18.7 Å². The van der Waals surface area contributed by atoms with Crippen LogP contribution in [0.3, 0.4) is 0 Å². The predicted molar refractivity (Wildman–Crippen MR) is 67.9 cm³/mol. The van der Waals surface area contributed by atoms with Crippen molar-refractivity contribution in [2.45, 2.75) is 52.2 Å². The molecule has 0 aromatic heterocycles. The molecule has 0 saturated carbocycles. The van der Waals surface area contributed by atoms with Gasteiger partial charge in [-0.15, -0.1) is 0 Å². The molecule has 0 radical (unpaired) electrons. The highest BCUT2D eigenvalue weighted by molar-refractivity contribution is 5.68. The minimum absolute atomic E-state index is 0.350. The molecule has 0 aliphatic rings. The molecule has 0 saturated heterocycles. The van der Waals surface area contributed by atoms with Crippen LogP contribution < -0.4 is 11.1 Å². The number of carbonyl (C=O) groups is 1. The lowest BCUT2D eigenvalue weighted by atomic mass is 10.0. The molecule has 5 heteroatoms. The molecule has 0 bridgehead atoms. The van der Waals surface area contributed by atoms with E-state index in [2.05, 4.69) is 5.32 Å². The summed E-state index contributed by atoms with van der Waals surface area (Å²) in [5.74, 6) is 0. The van der Waals surface area contributed by atoms with Gasteiger partial charge in [0.15, 0.2) is 0 Å². The number of rotatable bonds is 6. The lowest BCUT2D eigenvalue weighted by Gasteiger charge is -2.28. The van der Waals surface area contributed by atoms with Crippen LogP contribution in [0.2, 0.25) is 0 Å². The summed E-state index contributed by atoms with van der Waals surface area (Å²) >= 11 is 0. The van der Waals surface area contributed by atoms with Crippen LogP contribution in [0.5, 0.6) is 0 Å². The maximum Gasteiger partial charge on any atom is 0.408 e. The van der Waals surface area contributed by atoms with E-state index < -0.39 is 11.7 Å². The SMILES string of the molecule is CC(C)(CCOCCN)NC(=O)OC(C)(C)C. The van der Waals surface area contributed by atoms with Crippen molar-refractivity contribution in [2.24, 2.45) is 5.73 Å². The van der Waals surface area contributed by atoms with Crippen LogP contribution in [0, 0.1) is 0 Å². The first-order valence-corrected chi connectivity index (χ1v) is 5.95. The van der Waals surface area contributed by atoms with E-state index in [4.69, 9.17) is 15.2 Å². The fourth-order valence-corrected chi connectivity index (χ4v) is 1.16. The van der Waals surface area contributed by atoms with Gasteiger partial charge in [-0.1, -0.05) is 0 Å². The second-order valence-electron chi connectivity index (χ2n) is 5.66. The van der Waals surface area contributed by atoms with Crippen LogP contribution in [0.1, 0.15) is 41.0 Å². The van der Waals surface area contributed by atoms with Gasteiger partial charge in [-0.05, 0) is 41.0 Å². The topological polar surface area (TPSA) is 73.6 Å². The smallest absolute Gasteiger partial charge is 0.408 e. The highest BCUT2D eigenvalue weighted by atomic mass is 16.6. The molecule has 0 atom stereocenters. The average molecular weight is 246 g/mol. The summed E-state index contributed by atoms with van der Waals surface area (Å²) in [6.07, 6.45) is 0.313. The van der Waals surface area contributed by atoms with Gasteiger partial charge in [-0.25, -0.2) is 4.79 Å². The zero-order valence-electron chi connectivity index (χ0n) is 11.6. The van der Waals surface area contributed by atoms with E-state index in [1.165, 1.54) is 0 Å². The Morgan fingerprint density at radius 2 is 1.76 bits per heavy atom. The van der Waals surface area contributed by atoms with Crippen molar-refractivity contribution in [1.29, 1.82) is 0 Å². The van der Waals surface area contributed by atoms with Crippen LogP contribution >= 0.6 is 0 Å². The summed E-state index contributed by atoms with van der Waals surface area (Å²) < 4.78 is 10.5. The molecule has 17 heavy (non-hydrogen) atoms. The number of hydrogen-bond donors (Lipinski definition) is 2. The quantitative estimate of drug-likeness (QED) is 0.699. The Labute approximate surface area is 104 Å². The fourth-order valence-electron chi connectivity index (χ4n) is 1.16. The van der Waals surface area contributed by atoms with E-state index in [1.54, 1.807) is 0 Å². The molecular weight excluding hydrogens is 220 g/mol. The van der Waals surface area contributed by atoms with Gasteiger partial charge in [-0.3, -0.25) is 0 Å². The van der Waals surface area contributed by atoms with Crippen LogP contribution in [-0.4, -0.2) is 37.0 Å². The van der Waals surface area contributed by atoms with Crippen LogP contribution in [-0.2, 0) is 9.47 Å². The molecular formula is C12H26N2O3. The predicted octanol–water partition coefficient (Wildman–Crippen LogP) is 1.66. The van der Waals surface area contributed by atoms with E-state index in [9.17, 15) is 4.79 Å². The van der Waals surface area contributed by atoms with Gasteiger partial charge >= 0.3 is 6.09 Å². The Bertz CT molecular complexity index is 234. The fraction of sp³-hybridized carbons (Fsp3) is 0.917. The Morgan fingerprint density at radius 3 is 2.24 bits per heavy atom. The summed E-state index contributed by atoms with van der Waals surface area (Å²) in [6, 6.07) is 0. The normalized spacial score (nSPS) is 12.4. The zero-order valence-corrected chi connectivity index (χ0v) is 11.6. The van der Waals surface area contributed by atoms with Crippen LogP contribution in [0.4, 0.5) is 4.79 Å². The minimum atomic E-state index is -0.476. The Hall–Kier alpha value is -0.810. The third-order valence-corrected chi connectivity index (χ3v) is 1.97. The van der Waals surface area contributed by atoms with Crippen LogP contribution in [0.25, 0.3) is 0 Å². The van der Waals surface area contributed by atoms with E-state index in [-0.39, 0.29) is 5.54 Å². The molecule has 3 N–H and O–H groups in total. The Morgan fingerprint density at radius 1 is 1.18 bits per heavy atom.